The Morgan fingerprint density at radius 2 is 2.00 bits per heavy atom. The van der Waals surface area contributed by atoms with Crippen molar-refractivity contribution >= 4 is 55.0 Å². The van der Waals surface area contributed by atoms with E-state index in [1.807, 2.05) is 0 Å². The second-order valence-corrected chi connectivity index (χ2v) is 7.37. The number of thiazole rings is 1. The maximum absolute atomic E-state index is 12.6. The van der Waals surface area contributed by atoms with Crippen molar-refractivity contribution in [1.82, 2.24) is 4.98 Å². The van der Waals surface area contributed by atoms with Gasteiger partial charge < -0.3 is 0 Å². The first-order chi connectivity index (χ1) is 8.85. The lowest BCUT2D eigenvalue weighted by molar-refractivity contribution is -0.0328. The average molecular weight is 433 g/mol. The summed E-state index contributed by atoms with van der Waals surface area (Å²) in [5.41, 5.74) is -3.71. The molecular formula is C11H6Br2F3NS2. The van der Waals surface area contributed by atoms with Crippen molar-refractivity contribution in [2.45, 2.75) is 16.8 Å². The van der Waals surface area contributed by atoms with E-state index in [-0.39, 0.29) is 16.7 Å². The van der Waals surface area contributed by atoms with Crippen molar-refractivity contribution in [3.05, 3.63) is 43.2 Å². The second kappa shape index (κ2) is 6.15. The van der Waals surface area contributed by atoms with E-state index in [1.54, 1.807) is 17.6 Å². The first-order valence-electron chi connectivity index (χ1n) is 4.97. The van der Waals surface area contributed by atoms with Gasteiger partial charge in [-0.25, -0.2) is 4.98 Å². The summed E-state index contributed by atoms with van der Waals surface area (Å²) in [5.74, 6) is 0. The molecule has 102 valence electrons. The van der Waals surface area contributed by atoms with Crippen LogP contribution in [0, 0.1) is 0 Å². The van der Waals surface area contributed by atoms with E-state index < -0.39 is 5.51 Å². The van der Waals surface area contributed by atoms with Crippen LogP contribution in [-0.4, -0.2) is 10.5 Å². The van der Waals surface area contributed by atoms with E-state index in [0.717, 1.165) is 5.01 Å². The molecule has 0 atom stereocenters. The number of aromatic nitrogens is 1. The zero-order valence-electron chi connectivity index (χ0n) is 9.17. The minimum absolute atomic E-state index is 0.106. The SMILES string of the molecule is FC(F)(F)Sc1cc(Br)cc(Br)c1Cc1nccs1. The van der Waals surface area contributed by atoms with Gasteiger partial charge in [0, 0.05) is 31.8 Å². The Hall–Kier alpha value is -0.0500. The van der Waals surface area contributed by atoms with Gasteiger partial charge in [0.15, 0.2) is 0 Å². The Morgan fingerprint density at radius 1 is 1.26 bits per heavy atom. The van der Waals surface area contributed by atoms with Crippen LogP contribution in [0.2, 0.25) is 0 Å². The van der Waals surface area contributed by atoms with Gasteiger partial charge in [-0.05, 0) is 29.5 Å². The molecule has 19 heavy (non-hydrogen) atoms. The van der Waals surface area contributed by atoms with Gasteiger partial charge in [0.1, 0.15) is 0 Å². The highest BCUT2D eigenvalue weighted by Crippen LogP contribution is 2.42. The number of nitrogens with zero attached hydrogens (tertiary/aromatic N) is 1. The van der Waals surface area contributed by atoms with Crippen LogP contribution in [0.3, 0.4) is 0 Å². The first kappa shape index (κ1) is 15.3. The van der Waals surface area contributed by atoms with Crippen LogP contribution in [0.1, 0.15) is 10.6 Å². The number of hydrogen-bond donors (Lipinski definition) is 0. The number of halogens is 5. The third-order valence-corrected chi connectivity index (χ3v) is 4.92. The van der Waals surface area contributed by atoms with Crippen LogP contribution in [0.4, 0.5) is 13.2 Å². The number of alkyl halides is 3. The summed E-state index contributed by atoms with van der Waals surface area (Å²) in [6.45, 7) is 0. The molecule has 0 N–H and O–H groups in total. The van der Waals surface area contributed by atoms with Crippen LogP contribution in [0.25, 0.3) is 0 Å². The predicted molar refractivity (Wildman–Crippen MR) is 78.7 cm³/mol. The van der Waals surface area contributed by atoms with Crippen molar-refractivity contribution in [2.24, 2.45) is 0 Å². The van der Waals surface area contributed by atoms with Crippen molar-refractivity contribution in [1.29, 1.82) is 0 Å². The maximum atomic E-state index is 12.6. The van der Waals surface area contributed by atoms with Gasteiger partial charge >= 0.3 is 5.51 Å². The van der Waals surface area contributed by atoms with Crippen LogP contribution in [0.5, 0.6) is 0 Å². The lowest BCUT2D eigenvalue weighted by atomic mass is 10.1. The third-order valence-electron chi connectivity index (χ3n) is 2.16. The van der Waals surface area contributed by atoms with Crippen molar-refractivity contribution < 1.29 is 13.2 Å². The van der Waals surface area contributed by atoms with Crippen molar-refractivity contribution in [2.75, 3.05) is 0 Å². The molecule has 1 aromatic carbocycles. The summed E-state index contributed by atoms with van der Waals surface area (Å²) < 4.78 is 39.0. The van der Waals surface area contributed by atoms with E-state index in [0.29, 0.717) is 20.9 Å². The fourth-order valence-electron chi connectivity index (χ4n) is 1.46. The molecule has 2 aromatic rings. The minimum atomic E-state index is -4.31. The summed E-state index contributed by atoms with van der Waals surface area (Å²) in [7, 11) is 0. The van der Waals surface area contributed by atoms with Crippen LogP contribution < -0.4 is 0 Å². The number of hydrogen-bond acceptors (Lipinski definition) is 3. The molecule has 1 heterocycles. The topological polar surface area (TPSA) is 12.9 Å². The molecule has 0 unspecified atom stereocenters. The molecule has 0 spiro atoms. The van der Waals surface area contributed by atoms with E-state index in [2.05, 4.69) is 36.8 Å². The van der Waals surface area contributed by atoms with E-state index in [4.69, 9.17) is 0 Å². The van der Waals surface area contributed by atoms with Crippen LogP contribution in [-0.2, 0) is 6.42 Å². The Morgan fingerprint density at radius 3 is 2.58 bits per heavy atom. The van der Waals surface area contributed by atoms with Crippen LogP contribution in [0.15, 0.2) is 37.6 Å². The molecule has 1 nitrogen and oxygen atoms in total. The number of thioether (sulfide) groups is 1. The molecule has 0 aliphatic rings. The zero-order chi connectivity index (χ0) is 14.0. The molecule has 0 aliphatic heterocycles. The largest absolute Gasteiger partial charge is 0.446 e. The highest BCUT2D eigenvalue weighted by molar-refractivity contribution is 9.11. The van der Waals surface area contributed by atoms with Crippen molar-refractivity contribution in [3.63, 3.8) is 0 Å². The molecular weight excluding hydrogens is 427 g/mol. The van der Waals surface area contributed by atoms with Gasteiger partial charge in [0.2, 0.25) is 0 Å². The van der Waals surface area contributed by atoms with E-state index >= 15 is 0 Å². The fourth-order valence-corrected chi connectivity index (χ4v) is 4.48. The maximum Gasteiger partial charge on any atom is 0.446 e. The van der Waals surface area contributed by atoms with Gasteiger partial charge in [-0.3, -0.25) is 0 Å². The second-order valence-electron chi connectivity index (χ2n) is 3.51. The summed E-state index contributed by atoms with van der Waals surface area (Å²) in [4.78, 5) is 4.29. The van der Waals surface area contributed by atoms with Gasteiger partial charge in [-0.1, -0.05) is 31.9 Å². The van der Waals surface area contributed by atoms with Gasteiger partial charge in [-0.2, -0.15) is 13.2 Å². The molecule has 0 saturated heterocycles. The smallest absolute Gasteiger partial charge is 0.249 e. The monoisotopic (exact) mass is 431 g/mol. The van der Waals surface area contributed by atoms with E-state index in [9.17, 15) is 13.2 Å². The highest BCUT2D eigenvalue weighted by atomic mass is 79.9. The predicted octanol–water partition coefficient (Wildman–Crippen LogP) is 5.87. The molecule has 8 heteroatoms. The zero-order valence-corrected chi connectivity index (χ0v) is 14.0. The molecule has 2 rings (SSSR count). The Labute approximate surface area is 132 Å². The number of rotatable bonds is 3. The molecule has 1 aromatic heterocycles. The average Bonchev–Trinajstić information content (AvgIpc) is 2.73. The minimum Gasteiger partial charge on any atom is -0.249 e. The summed E-state index contributed by atoms with van der Waals surface area (Å²) in [6.07, 6.45) is 2.02. The first-order valence-corrected chi connectivity index (χ1v) is 8.25. The van der Waals surface area contributed by atoms with Crippen molar-refractivity contribution in [3.8, 4) is 0 Å². The quantitative estimate of drug-likeness (QED) is 0.562. The molecule has 0 aliphatic carbocycles. The van der Waals surface area contributed by atoms with E-state index in [1.165, 1.54) is 17.4 Å². The summed E-state index contributed by atoms with van der Waals surface area (Å²) in [5, 5.41) is 2.59. The Bertz CT molecular complexity index is 570. The lowest BCUT2D eigenvalue weighted by Crippen LogP contribution is -2.02. The molecule has 0 saturated carbocycles. The molecule has 0 radical (unpaired) electrons. The molecule has 0 amide bonds. The summed E-state index contributed by atoms with van der Waals surface area (Å²) in [6, 6.07) is 3.22. The Balaban J connectivity index is 2.39. The molecule has 0 fully saturated rings. The number of benzene rings is 1. The van der Waals surface area contributed by atoms with Gasteiger partial charge in [0.05, 0.1) is 5.01 Å². The van der Waals surface area contributed by atoms with Gasteiger partial charge in [0.25, 0.3) is 0 Å². The lowest BCUT2D eigenvalue weighted by Gasteiger charge is -2.13. The Kier molecular flexibility index (Phi) is 4.97. The molecule has 0 bridgehead atoms. The normalized spacial score (nSPS) is 11.8. The third kappa shape index (κ3) is 4.47. The highest BCUT2D eigenvalue weighted by Gasteiger charge is 2.31. The summed E-state index contributed by atoms with van der Waals surface area (Å²) >= 11 is 7.84. The van der Waals surface area contributed by atoms with Crippen LogP contribution >= 0.6 is 55.0 Å². The fraction of sp³-hybridized carbons (Fsp3) is 0.182. The standard InChI is InChI=1S/C11H6Br2F3NS2/c12-6-3-8(13)7(5-10-17-1-2-18-10)9(4-6)19-11(14,15)16/h1-4H,5H2. The van der Waals surface area contributed by atoms with Gasteiger partial charge in [-0.15, -0.1) is 11.3 Å².